The molecule has 114 valence electrons. The highest BCUT2D eigenvalue weighted by Gasteiger charge is 2.42. The molecule has 0 heterocycles. The maximum Gasteiger partial charge on any atom is 0.308 e. The zero-order valence-corrected chi connectivity index (χ0v) is 13.0. The lowest BCUT2D eigenvalue weighted by Gasteiger charge is -2.40. The van der Waals surface area contributed by atoms with Gasteiger partial charge in [-0.3, -0.25) is 9.59 Å². The topological polar surface area (TPSA) is 66.4 Å². The number of carbonyl (C=O) groups is 2. The number of halogens is 1. The second kappa shape index (κ2) is 6.06. The molecule has 1 amide bonds. The average molecular weight is 310 g/mol. The van der Waals surface area contributed by atoms with Gasteiger partial charge in [0, 0.05) is 10.6 Å². The van der Waals surface area contributed by atoms with Gasteiger partial charge >= 0.3 is 5.97 Å². The Kier molecular flexibility index (Phi) is 4.57. The summed E-state index contributed by atoms with van der Waals surface area (Å²) in [5.41, 5.74) is 0.497. The smallest absolute Gasteiger partial charge is 0.308 e. The molecular formula is C16H20ClNO3. The molecule has 0 radical (unpaired) electrons. The number of aliphatic carboxylic acids is 1. The Morgan fingerprint density at radius 2 is 2.10 bits per heavy atom. The van der Waals surface area contributed by atoms with Gasteiger partial charge in [-0.2, -0.15) is 0 Å². The van der Waals surface area contributed by atoms with Crippen molar-refractivity contribution in [1.82, 2.24) is 5.32 Å². The van der Waals surface area contributed by atoms with Crippen molar-refractivity contribution in [3.05, 3.63) is 34.3 Å². The zero-order chi connectivity index (χ0) is 15.6. The van der Waals surface area contributed by atoms with Gasteiger partial charge in [0.1, 0.15) is 0 Å². The number of nitrogens with one attached hydrogen (secondary N) is 1. The van der Waals surface area contributed by atoms with Crippen LogP contribution in [0.2, 0.25) is 5.02 Å². The standard InChI is InChI=1S/C16H20ClNO3/c1-10-11(6-5-8-13(10)17)14(19)18-16(2)9-4-3-7-12(16)15(20)21/h5-6,8,12H,3-4,7,9H2,1-2H3,(H,18,19)(H,20,21). The van der Waals surface area contributed by atoms with E-state index in [1.165, 1.54) is 0 Å². The molecule has 0 saturated heterocycles. The van der Waals surface area contributed by atoms with Crippen molar-refractivity contribution in [3.8, 4) is 0 Å². The summed E-state index contributed by atoms with van der Waals surface area (Å²) < 4.78 is 0. The van der Waals surface area contributed by atoms with Crippen molar-refractivity contribution in [2.75, 3.05) is 0 Å². The van der Waals surface area contributed by atoms with Crippen LogP contribution in [0.25, 0.3) is 0 Å². The molecule has 0 aromatic heterocycles. The van der Waals surface area contributed by atoms with E-state index >= 15 is 0 Å². The fourth-order valence-corrected chi connectivity index (χ4v) is 3.23. The van der Waals surface area contributed by atoms with E-state index in [0.29, 0.717) is 29.0 Å². The number of hydrogen-bond donors (Lipinski definition) is 2. The summed E-state index contributed by atoms with van der Waals surface area (Å²) in [6.45, 7) is 3.61. The van der Waals surface area contributed by atoms with Crippen LogP contribution in [0.4, 0.5) is 0 Å². The molecule has 2 N–H and O–H groups in total. The first-order valence-corrected chi connectivity index (χ1v) is 7.53. The predicted molar refractivity (Wildman–Crippen MR) is 81.7 cm³/mol. The Balaban J connectivity index is 2.24. The largest absolute Gasteiger partial charge is 0.481 e. The van der Waals surface area contributed by atoms with Gasteiger partial charge < -0.3 is 10.4 Å². The van der Waals surface area contributed by atoms with Gasteiger partial charge in [-0.15, -0.1) is 0 Å². The number of carbonyl (C=O) groups excluding carboxylic acids is 1. The zero-order valence-electron chi connectivity index (χ0n) is 12.3. The van der Waals surface area contributed by atoms with Crippen molar-refractivity contribution >= 4 is 23.5 Å². The molecule has 0 aliphatic heterocycles. The summed E-state index contributed by atoms with van der Waals surface area (Å²) in [5, 5.41) is 12.8. The second-order valence-electron chi connectivity index (χ2n) is 5.92. The average Bonchev–Trinajstić information content (AvgIpc) is 2.41. The molecule has 0 bridgehead atoms. The Morgan fingerprint density at radius 1 is 1.38 bits per heavy atom. The fraction of sp³-hybridized carbons (Fsp3) is 0.500. The summed E-state index contributed by atoms with van der Waals surface area (Å²) >= 11 is 6.04. The Morgan fingerprint density at radius 3 is 2.76 bits per heavy atom. The van der Waals surface area contributed by atoms with Gasteiger partial charge in [0.05, 0.1) is 11.5 Å². The molecule has 1 aliphatic carbocycles. The first-order chi connectivity index (χ1) is 9.85. The number of amides is 1. The molecule has 5 heteroatoms. The van der Waals surface area contributed by atoms with Crippen LogP contribution in [0, 0.1) is 12.8 Å². The third-order valence-electron chi connectivity index (χ3n) is 4.42. The Labute approximate surface area is 129 Å². The summed E-state index contributed by atoms with van der Waals surface area (Å²) in [6, 6.07) is 5.16. The summed E-state index contributed by atoms with van der Waals surface area (Å²) in [7, 11) is 0. The van der Waals surface area contributed by atoms with Crippen LogP contribution < -0.4 is 5.32 Å². The van der Waals surface area contributed by atoms with E-state index in [0.717, 1.165) is 12.8 Å². The number of carboxylic acid groups (broad SMARTS) is 1. The van der Waals surface area contributed by atoms with Crippen molar-refractivity contribution in [1.29, 1.82) is 0 Å². The minimum atomic E-state index is -0.847. The summed E-state index contributed by atoms with van der Waals surface area (Å²) in [5.74, 6) is -1.65. The fourth-order valence-electron chi connectivity index (χ4n) is 3.06. The maximum atomic E-state index is 12.5. The van der Waals surface area contributed by atoms with Crippen LogP contribution in [-0.4, -0.2) is 22.5 Å². The minimum Gasteiger partial charge on any atom is -0.481 e. The van der Waals surface area contributed by atoms with E-state index in [-0.39, 0.29) is 5.91 Å². The molecule has 1 aromatic carbocycles. The van der Waals surface area contributed by atoms with E-state index in [4.69, 9.17) is 11.6 Å². The van der Waals surface area contributed by atoms with E-state index in [1.54, 1.807) is 25.1 Å². The summed E-state index contributed by atoms with van der Waals surface area (Å²) in [4.78, 5) is 23.9. The molecule has 21 heavy (non-hydrogen) atoms. The van der Waals surface area contributed by atoms with Crippen molar-refractivity contribution in [3.63, 3.8) is 0 Å². The number of carboxylic acids is 1. The van der Waals surface area contributed by atoms with Gasteiger partial charge in [0.25, 0.3) is 5.91 Å². The van der Waals surface area contributed by atoms with Crippen LogP contribution in [0.15, 0.2) is 18.2 Å². The molecule has 2 rings (SSSR count). The van der Waals surface area contributed by atoms with Crippen molar-refractivity contribution in [2.45, 2.75) is 45.1 Å². The lowest BCUT2D eigenvalue weighted by molar-refractivity contribution is -0.145. The highest BCUT2D eigenvalue weighted by molar-refractivity contribution is 6.31. The van der Waals surface area contributed by atoms with Gasteiger partial charge in [0.2, 0.25) is 0 Å². The van der Waals surface area contributed by atoms with E-state index in [1.807, 2.05) is 6.92 Å². The molecule has 2 atom stereocenters. The van der Waals surface area contributed by atoms with Crippen LogP contribution >= 0.6 is 11.6 Å². The molecule has 0 spiro atoms. The first-order valence-electron chi connectivity index (χ1n) is 7.15. The monoisotopic (exact) mass is 309 g/mol. The Hall–Kier alpha value is -1.55. The lowest BCUT2D eigenvalue weighted by atomic mass is 9.73. The van der Waals surface area contributed by atoms with Gasteiger partial charge in [0.15, 0.2) is 0 Å². The van der Waals surface area contributed by atoms with Gasteiger partial charge in [-0.1, -0.05) is 30.5 Å². The minimum absolute atomic E-state index is 0.259. The highest BCUT2D eigenvalue weighted by atomic mass is 35.5. The number of hydrogen-bond acceptors (Lipinski definition) is 2. The van der Waals surface area contributed by atoms with Crippen LogP contribution in [0.1, 0.15) is 48.5 Å². The maximum absolute atomic E-state index is 12.5. The lowest BCUT2D eigenvalue weighted by Crippen LogP contribution is -2.55. The third kappa shape index (κ3) is 3.21. The molecular weight excluding hydrogens is 290 g/mol. The Bertz CT molecular complexity index is 573. The molecule has 1 fully saturated rings. The first kappa shape index (κ1) is 15.8. The number of benzene rings is 1. The highest BCUT2D eigenvalue weighted by Crippen LogP contribution is 2.34. The summed E-state index contributed by atoms with van der Waals surface area (Å²) in [6.07, 6.45) is 3.09. The molecule has 1 aliphatic rings. The van der Waals surface area contributed by atoms with Crippen molar-refractivity contribution < 1.29 is 14.7 Å². The number of rotatable bonds is 3. The van der Waals surface area contributed by atoms with Crippen LogP contribution in [0.3, 0.4) is 0 Å². The van der Waals surface area contributed by atoms with E-state index < -0.39 is 17.4 Å². The second-order valence-corrected chi connectivity index (χ2v) is 6.33. The SMILES string of the molecule is Cc1c(Cl)cccc1C(=O)NC1(C)CCCCC1C(=O)O. The van der Waals surface area contributed by atoms with Crippen LogP contribution in [-0.2, 0) is 4.79 Å². The van der Waals surface area contributed by atoms with Gasteiger partial charge in [-0.25, -0.2) is 0 Å². The van der Waals surface area contributed by atoms with Gasteiger partial charge in [-0.05, 0) is 44.4 Å². The van der Waals surface area contributed by atoms with Crippen molar-refractivity contribution in [2.24, 2.45) is 5.92 Å². The predicted octanol–water partition coefficient (Wildman–Crippen LogP) is 3.41. The molecule has 4 nitrogen and oxygen atoms in total. The normalized spacial score (nSPS) is 25.4. The quantitative estimate of drug-likeness (QED) is 0.899. The third-order valence-corrected chi connectivity index (χ3v) is 4.83. The van der Waals surface area contributed by atoms with Crippen LogP contribution in [0.5, 0.6) is 0 Å². The van der Waals surface area contributed by atoms with E-state index in [2.05, 4.69) is 5.32 Å². The van der Waals surface area contributed by atoms with E-state index in [9.17, 15) is 14.7 Å². The molecule has 1 saturated carbocycles. The molecule has 2 unspecified atom stereocenters. The molecule has 1 aromatic rings.